The van der Waals surface area contributed by atoms with Crippen LogP contribution in [0.5, 0.6) is 11.8 Å². The lowest BCUT2D eigenvalue weighted by atomic mass is 9.80. The summed E-state index contributed by atoms with van der Waals surface area (Å²) in [6, 6.07) is 5.28. The normalized spacial score (nSPS) is 26.4. The van der Waals surface area contributed by atoms with E-state index in [-0.39, 0.29) is 57.0 Å². The van der Waals surface area contributed by atoms with Crippen LogP contribution >= 0.6 is 11.6 Å². The first-order valence-electron chi connectivity index (χ1n) is 15.2. The first-order chi connectivity index (χ1) is 21.6. The number of fused-ring (bicyclic) bond motifs is 3. The summed E-state index contributed by atoms with van der Waals surface area (Å²) >= 11 is 6.35. The highest BCUT2D eigenvalue weighted by Crippen LogP contribution is 2.43. The Bertz CT molecular complexity index is 1890. The highest BCUT2D eigenvalue weighted by Gasteiger charge is 2.50. The molecule has 2 aromatic heterocycles. The van der Waals surface area contributed by atoms with E-state index in [0.29, 0.717) is 49.1 Å². The summed E-state index contributed by atoms with van der Waals surface area (Å²) in [5.41, 5.74) is -0.996. The van der Waals surface area contributed by atoms with Gasteiger partial charge in [-0.05, 0) is 55.8 Å². The summed E-state index contributed by atoms with van der Waals surface area (Å²) in [6.07, 6.45) is 4.60. The molecular formula is C32H30ClF3N6O3. The Hall–Kier alpha value is -3.90. The topological polar surface area (TPSA) is 104 Å². The number of aromatic nitrogens is 3. The highest BCUT2D eigenvalue weighted by atomic mass is 35.5. The molecule has 4 aliphatic heterocycles. The number of phenolic OH excluding ortho intramolecular Hbond substituents is 1. The molecule has 1 spiro atoms. The molecular weight excluding hydrogens is 609 g/mol. The van der Waals surface area contributed by atoms with E-state index in [2.05, 4.69) is 20.2 Å². The zero-order chi connectivity index (χ0) is 31.1. The third-order valence-corrected chi connectivity index (χ3v) is 10.3. The maximum absolute atomic E-state index is 16.7. The molecule has 2 N–H and O–H groups in total. The van der Waals surface area contributed by atoms with E-state index < -0.39 is 23.3 Å². The van der Waals surface area contributed by atoms with E-state index >= 15 is 4.39 Å². The fraction of sp³-hybridized carbons (Fsp3) is 0.438. The predicted octanol–water partition coefficient (Wildman–Crippen LogP) is 5.30. The average Bonchev–Trinajstić information content (AvgIpc) is 3.53. The number of anilines is 1. The fourth-order valence-corrected chi connectivity index (χ4v) is 8.15. The number of hydrogen-bond donors (Lipinski definition) is 2. The first kappa shape index (κ1) is 28.6. The smallest absolute Gasteiger partial charge is 0.319 e. The van der Waals surface area contributed by atoms with Crippen molar-refractivity contribution in [2.75, 3.05) is 37.7 Å². The van der Waals surface area contributed by atoms with Gasteiger partial charge in [0.1, 0.15) is 41.4 Å². The maximum Gasteiger partial charge on any atom is 0.319 e. The lowest BCUT2D eigenvalue weighted by Crippen LogP contribution is -2.68. The molecule has 0 saturated carbocycles. The monoisotopic (exact) mass is 638 g/mol. The molecule has 4 saturated heterocycles. The summed E-state index contributed by atoms with van der Waals surface area (Å²) in [5.74, 6) is -1.28. The van der Waals surface area contributed by atoms with Crippen molar-refractivity contribution in [1.82, 2.24) is 25.2 Å². The van der Waals surface area contributed by atoms with Crippen LogP contribution in [0.3, 0.4) is 0 Å². The molecule has 3 atom stereocenters. The number of amides is 1. The molecule has 45 heavy (non-hydrogen) atoms. The van der Waals surface area contributed by atoms with Gasteiger partial charge in [-0.3, -0.25) is 14.7 Å². The zero-order valence-electron chi connectivity index (χ0n) is 24.3. The van der Waals surface area contributed by atoms with Gasteiger partial charge in [-0.2, -0.15) is 9.97 Å². The number of benzene rings is 2. The van der Waals surface area contributed by atoms with Gasteiger partial charge in [0.25, 0.3) is 0 Å². The maximum atomic E-state index is 16.7. The first-order valence-corrected chi connectivity index (χ1v) is 15.6. The average molecular weight is 639 g/mol. The number of alkyl halides is 1. The number of phenols is 1. The van der Waals surface area contributed by atoms with Crippen LogP contribution in [0, 0.1) is 11.6 Å². The molecule has 4 fully saturated rings. The van der Waals surface area contributed by atoms with E-state index in [1.807, 2.05) is 4.90 Å². The number of carbonyl (C=O) groups is 1. The number of β-lactam (4-membered cyclic amide) rings is 1. The predicted molar refractivity (Wildman–Crippen MR) is 162 cm³/mol. The number of hydrogen-bond acceptors (Lipinski definition) is 8. The van der Waals surface area contributed by atoms with Crippen molar-refractivity contribution in [1.29, 1.82) is 0 Å². The van der Waals surface area contributed by atoms with Crippen LogP contribution in [0.4, 0.5) is 19.0 Å². The van der Waals surface area contributed by atoms with E-state index in [1.54, 1.807) is 0 Å². The van der Waals surface area contributed by atoms with Crippen LogP contribution in [-0.4, -0.2) is 80.9 Å². The molecule has 9 nitrogen and oxygen atoms in total. The Balaban J connectivity index is 1.26. The number of carbonyl (C=O) groups excluding carboxylic acids is 1. The SMILES string of the molecule is O=C1C[C@]2(CCCN(c3nc(OCC45CCCN4C[C@H](F)C5)nc4c(F)c(-c5cc(O)cc6ccc(F)c(Cl)c56)ncc34)C2)N1. The third kappa shape index (κ3) is 4.63. The quantitative estimate of drug-likeness (QED) is 0.284. The lowest BCUT2D eigenvalue weighted by molar-refractivity contribution is -0.133. The van der Waals surface area contributed by atoms with Gasteiger partial charge >= 0.3 is 6.01 Å². The van der Waals surface area contributed by atoms with Crippen molar-refractivity contribution in [2.24, 2.45) is 0 Å². The number of rotatable bonds is 5. The minimum Gasteiger partial charge on any atom is -0.508 e. The van der Waals surface area contributed by atoms with Crippen molar-refractivity contribution in [3.05, 3.63) is 47.1 Å². The van der Waals surface area contributed by atoms with Gasteiger partial charge in [-0.1, -0.05) is 17.7 Å². The zero-order valence-corrected chi connectivity index (χ0v) is 25.0. The van der Waals surface area contributed by atoms with Crippen molar-refractivity contribution in [3.8, 4) is 23.0 Å². The molecule has 4 aromatic rings. The summed E-state index contributed by atoms with van der Waals surface area (Å²) < 4.78 is 51.9. The van der Waals surface area contributed by atoms with E-state index in [9.17, 15) is 18.7 Å². The van der Waals surface area contributed by atoms with Crippen molar-refractivity contribution >= 4 is 45.0 Å². The lowest BCUT2D eigenvalue weighted by Gasteiger charge is -2.49. The Labute approximate surface area is 261 Å². The summed E-state index contributed by atoms with van der Waals surface area (Å²) in [5, 5.41) is 14.2. The largest absolute Gasteiger partial charge is 0.508 e. The molecule has 0 radical (unpaired) electrons. The number of nitrogens with zero attached hydrogens (tertiary/aromatic N) is 5. The van der Waals surface area contributed by atoms with Gasteiger partial charge in [0.2, 0.25) is 5.91 Å². The minimum absolute atomic E-state index is 0.0117. The van der Waals surface area contributed by atoms with Crippen LogP contribution in [0.15, 0.2) is 30.5 Å². The molecule has 2 aromatic carbocycles. The number of halogens is 4. The number of nitrogens with one attached hydrogen (secondary N) is 1. The Morgan fingerprint density at radius 2 is 1.98 bits per heavy atom. The number of aromatic hydroxyl groups is 1. The Kier molecular flexibility index (Phi) is 6.55. The molecule has 0 bridgehead atoms. The van der Waals surface area contributed by atoms with Crippen LogP contribution in [0.1, 0.15) is 38.5 Å². The van der Waals surface area contributed by atoms with E-state index in [1.165, 1.54) is 30.5 Å². The van der Waals surface area contributed by atoms with Gasteiger partial charge in [0, 0.05) is 43.2 Å². The number of ether oxygens (including phenoxy) is 1. The van der Waals surface area contributed by atoms with Crippen LogP contribution in [0.2, 0.25) is 5.02 Å². The molecule has 8 rings (SSSR count). The Morgan fingerprint density at radius 1 is 1.16 bits per heavy atom. The molecule has 0 aliphatic carbocycles. The number of piperidine rings is 1. The molecule has 1 amide bonds. The second-order valence-electron chi connectivity index (χ2n) is 12.9. The highest BCUT2D eigenvalue weighted by molar-refractivity contribution is 6.37. The summed E-state index contributed by atoms with van der Waals surface area (Å²) in [7, 11) is 0. The van der Waals surface area contributed by atoms with E-state index in [0.717, 1.165) is 32.2 Å². The third-order valence-electron chi connectivity index (χ3n) is 9.90. The molecule has 6 heterocycles. The minimum atomic E-state index is -0.941. The van der Waals surface area contributed by atoms with Crippen LogP contribution in [0.25, 0.3) is 32.9 Å². The molecule has 13 heteroatoms. The van der Waals surface area contributed by atoms with Gasteiger partial charge in [-0.15, -0.1) is 0 Å². The summed E-state index contributed by atoms with van der Waals surface area (Å²) in [6.45, 7) is 2.39. The van der Waals surface area contributed by atoms with Crippen molar-refractivity contribution in [2.45, 2.75) is 55.8 Å². The van der Waals surface area contributed by atoms with Crippen LogP contribution in [-0.2, 0) is 4.79 Å². The van der Waals surface area contributed by atoms with Crippen LogP contribution < -0.4 is 15.0 Å². The van der Waals surface area contributed by atoms with Crippen molar-refractivity contribution in [3.63, 3.8) is 0 Å². The molecule has 1 unspecified atom stereocenters. The van der Waals surface area contributed by atoms with Gasteiger partial charge in [0.05, 0.1) is 27.9 Å². The van der Waals surface area contributed by atoms with Crippen molar-refractivity contribution < 1.29 is 27.8 Å². The van der Waals surface area contributed by atoms with Gasteiger partial charge < -0.3 is 20.1 Å². The molecule has 234 valence electrons. The van der Waals surface area contributed by atoms with Gasteiger partial charge in [-0.25, -0.2) is 13.2 Å². The molecule has 4 aliphatic rings. The second-order valence-corrected chi connectivity index (χ2v) is 13.2. The Morgan fingerprint density at radius 3 is 2.80 bits per heavy atom. The fourth-order valence-electron chi connectivity index (χ4n) is 7.87. The number of pyridine rings is 1. The van der Waals surface area contributed by atoms with E-state index in [4.69, 9.17) is 21.3 Å². The second kappa shape index (κ2) is 10.3. The standard InChI is InChI=1S/C32H30ClF3N6O3/c33-25-22(35)4-3-17-9-19(43)10-20(24(17)25)27-26(36)28-21(13-37-27)29(41-7-1-5-31(15-41)12-23(44)40-31)39-30(38-28)45-16-32-6-2-8-42(32)14-18(34)11-32/h3-4,9-10,13,18,43H,1-2,5-8,11-12,14-16H2,(H,40,44)/t18-,31+,32?/m1/s1. The summed E-state index contributed by atoms with van der Waals surface area (Å²) in [4.78, 5) is 29.7. The van der Waals surface area contributed by atoms with Gasteiger partial charge in [0.15, 0.2) is 5.82 Å².